The van der Waals surface area contributed by atoms with E-state index in [0.29, 0.717) is 0 Å². The number of nitrogens with zero attached hydrogens (tertiary/aromatic N) is 1. The lowest BCUT2D eigenvalue weighted by atomic mass is 10.3. The van der Waals surface area contributed by atoms with Crippen LogP contribution in [0, 0.1) is 0 Å². The predicted octanol–water partition coefficient (Wildman–Crippen LogP) is 0.00250. The molecular formula is C7H21NSi2. The molecule has 0 heterocycles. The summed E-state index contributed by atoms with van der Waals surface area (Å²) in [7, 11) is 3.83. The predicted molar refractivity (Wildman–Crippen MR) is 55.6 cm³/mol. The Labute approximate surface area is 70.5 Å². The second kappa shape index (κ2) is 6.13. The van der Waals surface area contributed by atoms with Gasteiger partial charge in [-0.1, -0.05) is 25.9 Å². The Morgan fingerprint density at radius 1 is 1.60 bits per heavy atom. The number of hydrogen-bond donors (Lipinski definition) is 0. The molecule has 0 amide bonds. The molecule has 0 aromatic rings. The van der Waals surface area contributed by atoms with Gasteiger partial charge in [0.1, 0.15) is 0 Å². The van der Waals surface area contributed by atoms with Crippen LogP contribution in [0.15, 0.2) is 0 Å². The van der Waals surface area contributed by atoms with E-state index in [-0.39, 0.29) is 9.68 Å². The van der Waals surface area contributed by atoms with Gasteiger partial charge in [-0.2, -0.15) is 0 Å². The molecule has 0 fully saturated rings. The first-order chi connectivity index (χ1) is 4.72. The average Bonchev–Trinajstić information content (AvgIpc) is 1.98. The molecule has 0 aromatic carbocycles. The zero-order valence-corrected chi connectivity index (χ0v) is 11.3. The summed E-state index contributed by atoms with van der Waals surface area (Å²) in [4.78, 5) is 0. The summed E-state index contributed by atoms with van der Waals surface area (Å²) in [5.74, 6) is 0. The van der Waals surface area contributed by atoms with Crippen molar-refractivity contribution in [2.24, 2.45) is 0 Å². The highest BCUT2D eigenvalue weighted by Crippen LogP contribution is 1.99. The second-order valence-corrected chi connectivity index (χ2v) is 6.24. The van der Waals surface area contributed by atoms with E-state index in [2.05, 4.69) is 25.5 Å². The molecule has 1 atom stereocenters. The van der Waals surface area contributed by atoms with Crippen molar-refractivity contribution >= 4 is 19.9 Å². The zero-order valence-electron chi connectivity index (χ0n) is 7.85. The molecule has 0 aliphatic carbocycles. The molecule has 0 saturated carbocycles. The fourth-order valence-corrected chi connectivity index (χ4v) is 3.40. The van der Waals surface area contributed by atoms with Crippen molar-refractivity contribution in [2.75, 3.05) is 7.05 Å². The van der Waals surface area contributed by atoms with Gasteiger partial charge in [0.2, 0.25) is 0 Å². The minimum atomic E-state index is 0.145. The van der Waals surface area contributed by atoms with Gasteiger partial charge in [-0.15, -0.1) is 0 Å². The maximum atomic E-state index is 2.60. The quantitative estimate of drug-likeness (QED) is 0.532. The van der Waals surface area contributed by atoms with Crippen LogP contribution in [0.4, 0.5) is 0 Å². The molecule has 0 rings (SSSR count). The Kier molecular flexibility index (Phi) is 6.37. The summed E-state index contributed by atoms with van der Waals surface area (Å²) in [5.41, 5.74) is 0. The van der Waals surface area contributed by atoms with E-state index in [1.54, 1.807) is 0 Å². The summed E-state index contributed by atoms with van der Waals surface area (Å²) in [5, 5.41) is 0. The minimum Gasteiger partial charge on any atom is -0.329 e. The highest BCUT2D eigenvalue weighted by Gasteiger charge is 2.04. The van der Waals surface area contributed by atoms with Gasteiger partial charge in [0.05, 0.1) is 9.68 Å². The molecule has 0 aliphatic rings. The van der Waals surface area contributed by atoms with Crippen LogP contribution in [0.1, 0.15) is 20.3 Å². The molecule has 0 spiro atoms. The smallest absolute Gasteiger partial charge is 0.0947 e. The molecule has 62 valence electrons. The van der Waals surface area contributed by atoms with Crippen LogP contribution < -0.4 is 0 Å². The van der Waals surface area contributed by atoms with Gasteiger partial charge in [-0.25, -0.2) is 0 Å². The third-order valence-corrected chi connectivity index (χ3v) is 6.68. The second-order valence-electron chi connectivity index (χ2n) is 3.09. The highest BCUT2D eigenvalue weighted by molar-refractivity contribution is 6.33. The molecular weight excluding hydrogens is 154 g/mol. The fourth-order valence-electron chi connectivity index (χ4n) is 0.940. The van der Waals surface area contributed by atoms with Gasteiger partial charge in [0.15, 0.2) is 0 Å². The van der Waals surface area contributed by atoms with Crippen LogP contribution in [0.5, 0.6) is 0 Å². The van der Waals surface area contributed by atoms with Crippen molar-refractivity contribution in [1.29, 1.82) is 0 Å². The molecule has 1 nitrogen and oxygen atoms in total. The summed E-state index contributed by atoms with van der Waals surface area (Å²) >= 11 is 0. The van der Waals surface area contributed by atoms with Crippen LogP contribution in [0.2, 0.25) is 12.1 Å². The lowest BCUT2D eigenvalue weighted by Crippen LogP contribution is -2.31. The van der Waals surface area contributed by atoms with Crippen LogP contribution in [-0.4, -0.2) is 37.6 Å². The summed E-state index contributed by atoms with van der Waals surface area (Å²) in [6, 6.07) is 3.87. The number of hydrogen-bond acceptors (Lipinski definition) is 1. The summed E-state index contributed by atoms with van der Waals surface area (Å²) < 4.78 is 2.60. The minimum absolute atomic E-state index is 0.145. The van der Waals surface area contributed by atoms with Crippen molar-refractivity contribution < 1.29 is 0 Å². The van der Waals surface area contributed by atoms with Crippen molar-refractivity contribution in [2.45, 2.75) is 38.4 Å². The van der Waals surface area contributed by atoms with Crippen molar-refractivity contribution in [3.05, 3.63) is 0 Å². The van der Waals surface area contributed by atoms with E-state index in [4.69, 9.17) is 0 Å². The normalized spacial score (nSPS) is 15.6. The SMILES string of the molecule is CCC(C)N(C)[SiH2]CC[SiH3]. The maximum Gasteiger partial charge on any atom is 0.0947 e. The van der Waals surface area contributed by atoms with Gasteiger partial charge in [0, 0.05) is 10.2 Å². The maximum absolute atomic E-state index is 2.60. The molecule has 10 heavy (non-hydrogen) atoms. The topological polar surface area (TPSA) is 3.24 Å². The summed E-state index contributed by atoms with van der Waals surface area (Å²) in [6.45, 7) is 4.61. The lowest BCUT2D eigenvalue weighted by molar-refractivity contribution is 0.401. The molecule has 0 aliphatic heterocycles. The van der Waals surface area contributed by atoms with Crippen LogP contribution in [0.25, 0.3) is 0 Å². The Hall–Kier alpha value is 0.394. The van der Waals surface area contributed by atoms with Gasteiger partial charge < -0.3 is 4.57 Å². The van der Waals surface area contributed by atoms with Gasteiger partial charge in [-0.3, -0.25) is 0 Å². The van der Waals surface area contributed by atoms with Crippen molar-refractivity contribution in [3.8, 4) is 0 Å². The highest BCUT2D eigenvalue weighted by atomic mass is 28.2. The van der Waals surface area contributed by atoms with Gasteiger partial charge >= 0.3 is 0 Å². The van der Waals surface area contributed by atoms with Crippen molar-refractivity contribution in [1.82, 2.24) is 4.57 Å². The first-order valence-corrected chi connectivity index (χ1v) is 7.47. The molecule has 3 heteroatoms. The fraction of sp³-hybridized carbons (Fsp3) is 1.00. The Bertz CT molecular complexity index is 78.0. The largest absolute Gasteiger partial charge is 0.329 e. The molecule has 0 saturated heterocycles. The first kappa shape index (κ1) is 10.4. The van der Waals surface area contributed by atoms with Crippen LogP contribution in [-0.2, 0) is 0 Å². The Morgan fingerprint density at radius 3 is 2.60 bits per heavy atom. The van der Waals surface area contributed by atoms with E-state index >= 15 is 0 Å². The Balaban J connectivity index is 3.31. The Morgan fingerprint density at radius 2 is 2.20 bits per heavy atom. The lowest BCUT2D eigenvalue weighted by Gasteiger charge is -2.22. The number of rotatable bonds is 5. The standard InChI is InChI=1S/C7H21NSi2/c1-4-7(2)8(3)10-6-5-9/h7H,4-6,10H2,1-3,9H3. The zero-order chi connectivity index (χ0) is 7.98. The monoisotopic (exact) mass is 175 g/mol. The van der Waals surface area contributed by atoms with E-state index in [0.717, 1.165) is 6.04 Å². The third-order valence-electron chi connectivity index (χ3n) is 2.21. The van der Waals surface area contributed by atoms with Gasteiger partial charge in [-0.05, 0) is 19.5 Å². The molecule has 1 unspecified atom stereocenters. The molecule has 0 N–H and O–H groups in total. The molecule has 0 bridgehead atoms. The summed E-state index contributed by atoms with van der Waals surface area (Å²) in [6.07, 6.45) is 1.31. The van der Waals surface area contributed by atoms with E-state index in [1.807, 2.05) is 0 Å². The van der Waals surface area contributed by atoms with Gasteiger partial charge in [0.25, 0.3) is 0 Å². The molecule has 0 aromatic heterocycles. The van der Waals surface area contributed by atoms with Crippen LogP contribution in [0.3, 0.4) is 0 Å². The van der Waals surface area contributed by atoms with Crippen LogP contribution >= 0.6 is 0 Å². The van der Waals surface area contributed by atoms with E-state index in [1.165, 1.54) is 28.8 Å². The van der Waals surface area contributed by atoms with E-state index < -0.39 is 0 Å². The third kappa shape index (κ3) is 4.25. The molecule has 0 radical (unpaired) electrons. The van der Waals surface area contributed by atoms with E-state index in [9.17, 15) is 0 Å². The first-order valence-electron chi connectivity index (χ1n) is 4.42. The van der Waals surface area contributed by atoms with Crippen molar-refractivity contribution in [3.63, 3.8) is 0 Å². The average molecular weight is 175 g/mol.